The van der Waals surface area contributed by atoms with Crippen molar-refractivity contribution in [1.82, 2.24) is 14.8 Å². The van der Waals surface area contributed by atoms with Crippen molar-refractivity contribution in [3.05, 3.63) is 83.2 Å². The summed E-state index contributed by atoms with van der Waals surface area (Å²) >= 11 is 0. The molecule has 0 spiro atoms. The summed E-state index contributed by atoms with van der Waals surface area (Å²) in [4.78, 5) is 32.8. The summed E-state index contributed by atoms with van der Waals surface area (Å²) in [5, 5.41) is 14.1. The van der Waals surface area contributed by atoms with Gasteiger partial charge in [0.2, 0.25) is 5.91 Å². The summed E-state index contributed by atoms with van der Waals surface area (Å²) in [7, 11) is 0. The lowest BCUT2D eigenvalue weighted by molar-refractivity contribution is -0.629. The minimum atomic E-state index is -4.88. The van der Waals surface area contributed by atoms with Crippen molar-refractivity contribution in [2.45, 2.75) is 19.1 Å². The Hall–Kier alpha value is -4.26. The van der Waals surface area contributed by atoms with E-state index in [0.29, 0.717) is 42.7 Å². The molecule has 1 saturated heterocycles. The largest absolute Gasteiger partial charge is 0.618 e. The Morgan fingerprint density at radius 1 is 1.05 bits per heavy atom. The molecule has 0 radical (unpaired) electrons. The van der Waals surface area contributed by atoms with Crippen molar-refractivity contribution in [2.75, 3.05) is 31.5 Å². The number of carbonyl (C=O) groups is 2. The Bertz CT molecular complexity index is 1290. The third-order valence-electron chi connectivity index (χ3n) is 6.02. The zero-order valence-corrected chi connectivity index (χ0v) is 20.1. The molecule has 1 aromatic carbocycles. The maximum Gasteiger partial charge on any atom is 0.478 e. The Morgan fingerprint density at radius 3 is 2.32 bits per heavy atom. The van der Waals surface area contributed by atoms with E-state index in [2.05, 4.69) is 10.3 Å². The van der Waals surface area contributed by atoms with Gasteiger partial charge in [-0.15, -0.1) is 0 Å². The van der Waals surface area contributed by atoms with Gasteiger partial charge in [0.25, 0.3) is 11.6 Å². The van der Waals surface area contributed by atoms with E-state index in [0.717, 1.165) is 6.07 Å². The Kier molecular flexibility index (Phi) is 7.76. The van der Waals surface area contributed by atoms with E-state index in [1.807, 2.05) is 4.90 Å². The average molecular weight is 533 g/mol. The molecule has 1 aliphatic rings. The standard InChI is InChI=1S/C25H23F4N5O4/c1-16(23(35)31-22-7-6-20(15-30-22)38-19-4-2-18(26)3-5-19)32-10-12-33(13-11-32)24(36)17-8-9-34(37)21(14-17)25(27,28)29/h2-9,14-16H,10-13H2,1H3,(H,30,31,35)/t16-/m1/s1. The molecule has 200 valence electrons. The number of carbonyl (C=O) groups excluding carboxylic acids is 2. The van der Waals surface area contributed by atoms with Gasteiger partial charge in [0.1, 0.15) is 23.1 Å². The molecule has 0 bridgehead atoms. The van der Waals surface area contributed by atoms with Crippen LogP contribution < -0.4 is 14.8 Å². The lowest BCUT2D eigenvalue weighted by Crippen LogP contribution is -2.54. The molecule has 1 atom stereocenters. The quantitative estimate of drug-likeness (QED) is 0.296. The predicted molar refractivity (Wildman–Crippen MR) is 127 cm³/mol. The number of amides is 2. The van der Waals surface area contributed by atoms with Crippen LogP contribution >= 0.6 is 0 Å². The molecule has 3 heterocycles. The van der Waals surface area contributed by atoms with Crippen LogP contribution in [0.2, 0.25) is 0 Å². The smallest absolute Gasteiger partial charge is 0.478 e. The van der Waals surface area contributed by atoms with Gasteiger partial charge in [-0.05, 0) is 43.3 Å². The first kappa shape index (κ1) is 26.8. The molecule has 3 aromatic rings. The summed E-state index contributed by atoms with van der Waals surface area (Å²) in [6.07, 6.45) is -2.81. The van der Waals surface area contributed by atoms with Gasteiger partial charge < -0.3 is 20.2 Å². The van der Waals surface area contributed by atoms with E-state index in [1.54, 1.807) is 19.1 Å². The van der Waals surface area contributed by atoms with E-state index in [9.17, 15) is 32.4 Å². The van der Waals surface area contributed by atoms with Crippen LogP contribution in [0, 0.1) is 11.0 Å². The van der Waals surface area contributed by atoms with Crippen LogP contribution in [-0.4, -0.2) is 58.8 Å². The highest BCUT2D eigenvalue weighted by molar-refractivity contribution is 5.95. The third-order valence-corrected chi connectivity index (χ3v) is 6.02. The molecule has 9 nitrogen and oxygen atoms in total. The van der Waals surface area contributed by atoms with Gasteiger partial charge in [-0.2, -0.15) is 17.9 Å². The highest BCUT2D eigenvalue weighted by Crippen LogP contribution is 2.27. The fourth-order valence-electron chi connectivity index (χ4n) is 3.87. The van der Waals surface area contributed by atoms with Gasteiger partial charge in [-0.25, -0.2) is 9.37 Å². The highest BCUT2D eigenvalue weighted by Gasteiger charge is 2.40. The molecule has 0 saturated carbocycles. The normalized spacial score (nSPS) is 15.1. The first-order valence-electron chi connectivity index (χ1n) is 11.6. The Morgan fingerprint density at radius 2 is 1.71 bits per heavy atom. The number of ether oxygens (including phenoxy) is 1. The number of hydrogen-bond acceptors (Lipinski definition) is 6. The van der Waals surface area contributed by atoms with E-state index in [-0.39, 0.29) is 35.1 Å². The van der Waals surface area contributed by atoms with Crippen LogP contribution in [0.3, 0.4) is 0 Å². The summed E-state index contributed by atoms with van der Waals surface area (Å²) < 4.78 is 57.3. The first-order valence-corrected chi connectivity index (χ1v) is 11.6. The fraction of sp³-hybridized carbons (Fsp3) is 0.280. The maximum absolute atomic E-state index is 13.0. The molecule has 38 heavy (non-hydrogen) atoms. The number of nitrogens with zero attached hydrogens (tertiary/aromatic N) is 4. The SMILES string of the molecule is C[C@H](C(=O)Nc1ccc(Oc2ccc(F)cc2)cn1)N1CCN(C(=O)c2cc[n+]([O-])c(C(F)(F)F)c2)CC1. The van der Waals surface area contributed by atoms with Crippen LogP contribution in [0.15, 0.2) is 60.9 Å². The minimum Gasteiger partial charge on any atom is -0.618 e. The molecule has 0 aliphatic carbocycles. The fourth-order valence-corrected chi connectivity index (χ4v) is 3.87. The van der Waals surface area contributed by atoms with Gasteiger partial charge in [-0.1, -0.05) is 0 Å². The van der Waals surface area contributed by atoms with Crippen molar-refractivity contribution < 1.29 is 36.6 Å². The third kappa shape index (κ3) is 6.35. The highest BCUT2D eigenvalue weighted by atomic mass is 19.4. The zero-order chi connectivity index (χ0) is 27.4. The maximum atomic E-state index is 13.0. The van der Waals surface area contributed by atoms with Gasteiger partial charge in [0.05, 0.1) is 17.8 Å². The number of pyridine rings is 2. The van der Waals surface area contributed by atoms with Crippen molar-refractivity contribution in [3.63, 3.8) is 0 Å². The second-order valence-corrected chi connectivity index (χ2v) is 8.55. The number of halogens is 4. The second kappa shape index (κ2) is 11.0. The van der Waals surface area contributed by atoms with Gasteiger partial charge >= 0.3 is 6.18 Å². The first-order chi connectivity index (χ1) is 18.0. The summed E-state index contributed by atoms with van der Waals surface area (Å²) in [6, 6.07) is 9.66. The summed E-state index contributed by atoms with van der Waals surface area (Å²) in [5.74, 6) is -0.221. The minimum absolute atomic E-state index is 0.192. The Labute approximate surface area is 214 Å². The molecular formula is C25H23F4N5O4. The number of aromatic nitrogens is 2. The molecule has 13 heteroatoms. The topological polar surface area (TPSA) is 102 Å². The number of benzene rings is 1. The Balaban J connectivity index is 1.29. The predicted octanol–water partition coefficient (Wildman–Crippen LogP) is 3.45. The number of rotatable bonds is 6. The average Bonchev–Trinajstić information content (AvgIpc) is 2.90. The van der Waals surface area contributed by atoms with Gasteiger partial charge in [0, 0.05) is 38.3 Å². The van der Waals surface area contributed by atoms with E-state index in [4.69, 9.17) is 4.74 Å². The molecule has 2 aromatic heterocycles. The van der Waals surface area contributed by atoms with E-state index in [1.165, 1.54) is 35.4 Å². The second-order valence-electron chi connectivity index (χ2n) is 8.55. The van der Waals surface area contributed by atoms with E-state index < -0.39 is 23.8 Å². The van der Waals surface area contributed by atoms with Crippen LogP contribution in [0.25, 0.3) is 0 Å². The van der Waals surface area contributed by atoms with Crippen molar-refractivity contribution in [3.8, 4) is 11.5 Å². The molecular weight excluding hydrogens is 510 g/mol. The number of piperazine rings is 1. The van der Waals surface area contributed by atoms with Crippen molar-refractivity contribution in [1.29, 1.82) is 0 Å². The molecule has 1 N–H and O–H groups in total. The van der Waals surface area contributed by atoms with Crippen LogP contribution in [0.5, 0.6) is 11.5 Å². The van der Waals surface area contributed by atoms with E-state index >= 15 is 0 Å². The van der Waals surface area contributed by atoms with Crippen LogP contribution in [0.1, 0.15) is 23.0 Å². The van der Waals surface area contributed by atoms with Crippen LogP contribution in [-0.2, 0) is 11.0 Å². The van der Waals surface area contributed by atoms with Crippen LogP contribution in [0.4, 0.5) is 23.4 Å². The van der Waals surface area contributed by atoms with Crippen molar-refractivity contribution >= 4 is 17.6 Å². The molecule has 1 fully saturated rings. The molecule has 1 aliphatic heterocycles. The van der Waals surface area contributed by atoms with Gasteiger partial charge in [-0.3, -0.25) is 14.5 Å². The number of anilines is 1. The summed E-state index contributed by atoms with van der Waals surface area (Å²) in [6.45, 7) is 2.71. The molecule has 2 amide bonds. The number of hydrogen-bond donors (Lipinski definition) is 1. The molecule has 4 rings (SSSR count). The van der Waals surface area contributed by atoms with Crippen molar-refractivity contribution in [2.24, 2.45) is 0 Å². The monoisotopic (exact) mass is 533 g/mol. The van der Waals surface area contributed by atoms with Gasteiger partial charge in [0.15, 0.2) is 6.20 Å². The summed E-state index contributed by atoms with van der Waals surface area (Å²) in [5.41, 5.74) is -1.70. The molecule has 0 unspecified atom stereocenters. The lowest BCUT2D eigenvalue weighted by Gasteiger charge is -2.37. The number of nitrogens with one attached hydrogen (secondary N) is 1. The lowest BCUT2D eigenvalue weighted by atomic mass is 10.1. The zero-order valence-electron chi connectivity index (χ0n) is 20.1. The number of alkyl halides is 3.